The van der Waals surface area contributed by atoms with Crippen LogP contribution in [-0.2, 0) is 0 Å². The number of ketones is 1. The van der Waals surface area contributed by atoms with E-state index in [1.165, 1.54) is 0 Å². The third-order valence-corrected chi connectivity index (χ3v) is 2.43. The summed E-state index contributed by atoms with van der Waals surface area (Å²) in [6.07, 6.45) is -0.930. The van der Waals surface area contributed by atoms with Gasteiger partial charge in [-0.1, -0.05) is 24.3 Å². The zero-order chi connectivity index (χ0) is 12.3. The molecule has 0 radical (unpaired) electrons. The van der Waals surface area contributed by atoms with Gasteiger partial charge in [0.15, 0.2) is 11.9 Å². The van der Waals surface area contributed by atoms with Crippen molar-refractivity contribution in [1.82, 2.24) is 0 Å². The Labute approximate surface area is 96.9 Å². The third-order valence-electron chi connectivity index (χ3n) is 2.43. The van der Waals surface area contributed by atoms with Gasteiger partial charge in [-0.2, -0.15) is 0 Å². The minimum Gasteiger partial charge on any atom is -0.379 e. The lowest BCUT2D eigenvalue weighted by molar-refractivity contribution is -0.872. The summed E-state index contributed by atoms with van der Waals surface area (Å²) in [6.45, 7) is 2.30. The van der Waals surface area contributed by atoms with Gasteiger partial charge in [-0.3, -0.25) is 4.79 Å². The second-order valence-corrected chi connectivity index (χ2v) is 5.17. The second kappa shape index (κ2) is 4.76. The quantitative estimate of drug-likeness (QED) is 0.615. The molecule has 3 nitrogen and oxygen atoms in total. The number of quaternary nitrogens is 1. The smallest absolute Gasteiger partial charge is 0.197 e. The molecule has 1 rings (SSSR count). The molecule has 1 unspecified atom stereocenters. The van der Waals surface area contributed by atoms with Crippen LogP contribution in [-0.4, -0.2) is 49.2 Å². The topological polar surface area (TPSA) is 37.3 Å². The number of rotatable bonds is 4. The summed E-state index contributed by atoms with van der Waals surface area (Å²) in [5.74, 6) is -0.189. The van der Waals surface area contributed by atoms with Crippen molar-refractivity contribution < 1.29 is 14.4 Å². The van der Waals surface area contributed by atoms with Crippen molar-refractivity contribution in [2.24, 2.45) is 0 Å². The molecule has 0 aliphatic carbocycles. The molecule has 0 bridgehead atoms. The van der Waals surface area contributed by atoms with Crippen molar-refractivity contribution in [3.05, 3.63) is 35.4 Å². The van der Waals surface area contributed by atoms with Gasteiger partial charge in [0.25, 0.3) is 0 Å². The number of hydrogen-bond acceptors (Lipinski definition) is 2. The van der Waals surface area contributed by atoms with Crippen molar-refractivity contribution in [1.29, 1.82) is 0 Å². The van der Waals surface area contributed by atoms with E-state index in [0.29, 0.717) is 16.6 Å². The molecule has 0 aliphatic rings. The summed E-state index contributed by atoms with van der Waals surface area (Å²) >= 11 is 0. The van der Waals surface area contributed by atoms with Crippen molar-refractivity contribution in [3.8, 4) is 0 Å². The highest BCUT2D eigenvalue weighted by molar-refractivity contribution is 6.00. The molecule has 0 amide bonds. The monoisotopic (exact) mass is 222 g/mol. The van der Waals surface area contributed by atoms with E-state index in [4.69, 9.17) is 0 Å². The van der Waals surface area contributed by atoms with E-state index in [2.05, 4.69) is 0 Å². The fourth-order valence-corrected chi connectivity index (χ4v) is 1.63. The first-order chi connectivity index (χ1) is 7.31. The number of likely N-dealkylation sites (N-methyl/N-ethyl adjacent to an activating group) is 1. The van der Waals surface area contributed by atoms with Gasteiger partial charge in [-0.05, 0) is 12.5 Å². The van der Waals surface area contributed by atoms with E-state index >= 15 is 0 Å². The van der Waals surface area contributed by atoms with Crippen molar-refractivity contribution in [2.75, 3.05) is 27.7 Å². The highest BCUT2D eigenvalue weighted by Gasteiger charge is 2.24. The minimum absolute atomic E-state index is 0.189. The highest BCUT2D eigenvalue weighted by Crippen LogP contribution is 2.11. The maximum atomic E-state index is 12.0. The Bertz CT molecular complexity index is 380. The lowest BCUT2D eigenvalue weighted by Crippen LogP contribution is -2.44. The predicted molar refractivity (Wildman–Crippen MR) is 64.4 cm³/mol. The fraction of sp³-hybridized carbons (Fsp3) is 0.462. The first-order valence-corrected chi connectivity index (χ1v) is 5.39. The average molecular weight is 222 g/mol. The molecule has 1 aromatic carbocycles. The Balaban J connectivity index is 2.83. The Morgan fingerprint density at radius 2 is 1.88 bits per heavy atom. The molecule has 0 aliphatic heterocycles. The second-order valence-electron chi connectivity index (χ2n) is 5.17. The molecule has 0 aromatic heterocycles. The summed E-state index contributed by atoms with van der Waals surface area (Å²) in [5.41, 5.74) is 1.52. The van der Waals surface area contributed by atoms with Gasteiger partial charge in [-0.25, -0.2) is 0 Å². The maximum Gasteiger partial charge on any atom is 0.197 e. The van der Waals surface area contributed by atoms with Crippen LogP contribution in [0.25, 0.3) is 0 Å². The number of aliphatic hydroxyl groups excluding tert-OH is 1. The molecule has 3 heteroatoms. The van der Waals surface area contributed by atoms with Gasteiger partial charge in [0.05, 0.1) is 21.1 Å². The Morgan fingerprint density at radius 3 is 2.38 bits per heavy atom. The number of aryl methyl sites for hydroxylation is 1. The Kier molecular flexibility index (Phi) is 3.83. The molecule has 0 fully saturated rings. The largest absolute Gasteiger partial charge is 0.379 e. The number of carbonyl (C=O) groups excluding carboxylic acids is 1. The fourth-order valence-electron chi connectivity index (χ4n) is 1.63. The first-order valence-electron chi connectivity index (χ1n) is 5.39. The van der Waals surface area contributed by atoms with Crippen molar-refractivity contribution >= 4 is 5.78 Å². The minimum atomic E-state index is -0.930. The van der Waals surface area contributed by atoms with E-state index < -0.39 is 6.10 Å². The maximum absolute atomic E-state index is 12.0. The summed E-state index contributed by atoms with van der Waals surface area (Å²) in [6, 6.07) is 7.35. The molecule has 0 spiro atoms. The third kappa shape index (κ3) is 3.43. The van der Waals surface area contributed by atoms with Crippen molar-refractivity contribution in [3.63, 3.8) is 0 Å². The van der Waals surface area contributed by atoms with Gasteiger partial charge in [-0.15, -0.1) is 0 Å². The summed E-state index contributed by atoms with van der Waals surface area (Å²) in [4.78, 5) is 12.0. The molecule has 1 atom stereocenters. The van der Waals surface area contributed by atoms with Crippen LogP contribution in [0.4, 0.5) is 0 Å². The molecule has 0 saturated heterocycles. The summed E-state index contributed by atoms with van der Waals surface area (Å²) in [5, 5.41) is 9.87. The molecule has 0 heterocycles. The van der Waals surface area contributed by atoms with Crippen molar-refractivity contribution in [2.45, 2.75) is 13.0 Å². The molecular formula is C13H20NO2+. The highest BCUT2D eigenvalue weighted by atomic mass is 16.3. The van der Waals surface area contributed by atoms with Crippen LogP contribution in [0.3, 0.4) is 0 Å². The van der Waals surface area contributed by atoms with Gasteiger partial charge >= 0.3 is 0 Å². The summed E-state index contributed by atoms with van der Waals surface area (Å²) < 4.78 is 0.568. The average Bonchev–Trinajstić information content (AvgIpc) is 2.15. The Hall–Kier alpha value is -1.19. The van der Waals surface area contributed by atoms with E-state index in [1.807, 2.05) is 46.3 Å². The molecular weight excluding hydrogens is 202 g/mol. The van der Waals surface area contributed by atoms with Gasteiger partial charge in [0, 0.05) is 5.56 Å². The van der Waals surface area contributed by atoms with Gasteiger partial charge in [0.1, 0.15) is 6.54 Å². The van der Waals surface area contributed by atoms with Gasteiger partial charge < -0.3 is 9.59 Å². The normalized spacial score (nSPS) is 13.6. The van der Waals surface area contributed by atoms with E-state index in [-0.39, 0.29) is 5.78 Å². The van der Waals surface area contributed by atoms with Crippen LogP contribution < -0.4 is 0 Å². The van der Waals surface area contributed by atoms with Crippen LogP contribution in [0.2, 0.25) is 0 Å². The van der Waals surface area contributed by atoms with Crippen LogP contribution in [0.1, 0.15) is 15.9 Å². The van der Waals surface area contributed by atoms with E-state index in [9.17, 15) is 9.90 Å². The zero-order valence-electron chi connectivity index (χ0n) is 10.4. The van der Waals surface area contributed by atoms with Crippen LogP contribution >= 0.6 is 0 Å². The number of hydrogen-bond donors (Lipinski definition) is 1. The zero-order valence-corrected chi connectivity index (χ0v) is 10.4. The number of nitrogens with zero attached hydrogens (tertiary/aromatic N) is 1. The molecule has 0 saturated carbocycles. The van der Waals surface area contributed by atoms with Crippen LogP contribution in [0, 0.1) is 6.92 Å². The Morgan fingerprint density at radius 1 is 1.31 bits per heavy atom. The number of benzene rings is 1. The summed E-state index contributed by atoms with van der Waals surface area (Å²) in [7, 11) is 5.86. The lowest BCUT2D eigenvalue weighted by atomic mass is 10.0. The first kappa shape index (κ1) is 12.9. The molecule has 88 valence electrons. The standard InChI is InChI=1S/C13H20NO2/c1-10-7-5-6-8-11(10)13(16)12(15)9-14(2,3)4/h5-8,12,15H,9H2,1-4H3/q+1. The predicted octanol–water partition coefficient (Wildman–Crippen LogP) is 1.24. The number of aliphatic hydroxyl groups is 1. The van der Waals surface area contributed by atoms with E-state index in [0.717, 1.165) is 5.56 Å². The molecule has 16 heavy (non-hydrogen) atoms. The number of carbonyl (C=O) groups is 1. The number of Topliss-reactive ketones (excluding diaryl/α,β-unsaturated/α-hetero) is 1. The van der Waals surface area contributed by atoms with Gasteiger partial charge in [0.2, 0.25) is 0 Å². The van der Waals surface area contributed by atoms with Crippen LogP contribution in [0.15, 0.2) is 24.3 Å². The molecule has 1 N–H and O–H groups in total. The lowest BCUT2D eigenvalue weighted by Gasteiger charge is -2.26. The van der Waals surface area contributed by atoms with E-state index in [1.54, 1.807) is 6.07 Å². The van der Waals surface area contributed by atoms with Crippen LogP contribution in [0.5, 0.6) is 0 Å². The molecule has 1 aromatic rings. The SMILES string of the molecule is Cc1ccccc1C(=O)C(O)C[N+](C)(C)C.